The van der Waals surface area contributed by atoms with Crippen molar-refractivity contribution in [1.29, 1.82) is 0 Å². The summed E-state index contributed by atoms with van der Waals surface area (Å²) in [5.74, 6) is 4.97. The lowest BCUT2D eigenvalue weighted by Gasteiger charge is -2.38. The van der Waals surface area contributed by atoms with Crippen molar-refractivity contribution in [2.45, 2.75) is 13.3 Å². The summed E-state index contributed by atoms with van der Waals surface area (Å²) < 4.78 is 3.79. The van der Waals surface area contributed by atoms with E-state index in [1.807, 2.05) is 0 Å². The van der Waals surface area contributed by atoms with E-state index in [2.05, 4.69) is 67.7 Å². The van der Waals surface area contributed by atoms with Gasteiger partial charge in [0, 0.05) is 18.2 Å². The molecule has 0 saturated heterocycles. The molecule has 0 spiro atoms. The van der Waals surface area contributed by atoms with Crippen LogP contribution in [-0.2, 0) is 0 Å². The van der Waals surface area contributed by atoms with Crippen molar-refractivity contribution < 1.29 is 0 Å². The quantitative estimate of drug-likeness (QED) is 0.589. The maximum atomic E-state index is 3.79. The van der Waals surface area contributed by atoms with Crippen LogP contribution < -0.4 is 4.72 Å². The van der Waals surface area contributed by atoms with Crippen LogP contribution in [0.3, 0.4) is 0 Å². The Morgan fingerprint density at radius 3 is 2.22 bits per heavy atom. The first-order chi connectivity index (χ1) is 8.39. The van der Waals surface area contributed by atoms with Crippen LogP contribution in [0.15, 0.2) is 0 Å². The average Bonchev–Trinajstić information content (AvgIpc) is 2.26. The van der Waals surface area contributed by atoms with Gasteiger partial charge in [-0.3, -0.25) is 4.72 Å². The molecule has 0 fully saturated rings. The Kier molecular flexibility index (Phi) is 10.7. The number of rotatable bonds is 11. The van der Waals surface area contributed by atoms with Crippen LogP contribution in [0.5, 0.6) is 0 Å². The van der Waals surface area contributed by atoms with Crippen LogP contribution in [0.4, 0.5) is 0 Å². The molecular formula is C13H33N3S2. The molecule has 0 aromatic carbocycles. The number of hydrogen-bond donors (Lipinski definition) is 1. The van der Waals surface area contributed by atoms with E-state index < -0.39 is 10.2 Å². The molecule has 0 aliphatic heterocycles. The minimum atomic E-state index is -0.628. The van der Waals surface area contributed by atoms with E-state index in [0.717, 1.165) is 6.54 Å². The molecule has 0 heterocycles. The number of nitrogens with one attached hydrogen (secondary N) is 1. The maximum Gasteiger partial charge on any atom is 0.0393 e. The molecule has 3 nitrogen and oxygen atoms in total. The first-order valence-corrected chi connectivity index (χ1v) is 10.3. The summed E-state index contributed by atoms with van der Waals surface area (Å²) in [6, 6.07) is 0. The van der Waals surface area contributed by atoms with Gasteiger partial charge in [0.2, 0.25) is 0 Å². The van der Waals surface area contributed by atoms with Gasteiger partial charge in [0.1, 0.15) is 0 Å². The molecule has 0 amide bonds. The van der Waals surface area contributed by atoms with Gasteiger partial charge >= 0.3 is 0 Å². The van der Waals surface area contributed by atoms with Gasteiger partial charge in [0.15, 0.2) is 0 Å². The van der Waals surface area contributed by atoms with Crippen molar-refractivity contribution in [3.63, 3.8) is 0 Å². The second kappa shape index (κ2) is 10.4. The minimum absolute atomic E-state index is 0.628. The van der Waals surface area contributed by atoms with E-state index in [9.17, 15) is 0 Å². The molecule has 0 aromatic rings. The summed E-state index contributed by atoms with van der Waals surface area (Å²) in [4.78, 5) is 4.56. The van der Waals surface area contributed by atoms with E-state index in [4.69, 9.17) is 0 Å². The second-order valence-corrected chi connectivity index (χ2v) is 10.3. The maximum absolute atomic E-state index is 3.79. The van der Waals surface area contributed by atoms with E-state index >= 15 is 0 Å². The van der Waals surface area contributed by atoms with Crippen LogP contribution in [0.25, 0.3) is 0 Å². The zero-order valence-electron chi connectivity index (χ0n) is 13.2. The van der Waals surface area contributed by atoms with Crippen molar-refractivity contribution in [1.82, 2.24) is 14.5 Å². The molecule has 0 aliphatic carbocycles. The van der Waals surface area contributed by atoms with Crippen LogP contribution in [-0.4, -0.2) is 80.5 Å². The standard InChI is InChI=1S/C13H33N3S2/c1-7-18(6,13-16(4)5)14-9-12-17-11-8-10-15(2)3/h14H,7-13H2,1-6H3. The highest BCUT2D eigenvalue weighted by atomic mass is 32.3. The van der Waals surface area contributed by atoms with Crippen LogP contribution in [0.2, 0.25) is 0 Å². The fourth-order valence-electron chi connectivity index (χ4n) is 1.75. The molecule has 0 aliphatic rings. The topological polar surface area (TPSA) is 18.5 Å². The van der Waals surface area contributed by atoms with Crippen LogP contribution in [0, 0.1) is 0 Å². The van der Waals surface area contributed by atoms with Gasteiger partial charge < -0.3 is 9.80 Å². The number of thioether (sulfide) groups is 1. The summed E-state index contributed by atoms with van der Waals surface area (Å²) in [6.07, 6.45) is 3.71. The Bertz CT molecular complexity index is 201. The Morgan fingerprint density at radius 2 is 1.72 bits per heavy atom. The third kappa shape index (κ3) is 10.5. The summed E-state index contributed by atoms with van der Waals surface area (Å²) in [6.45, 7) is 4.66. The van der Waals surface area contributed by atoms with Gasteiger partial charge in [-0.05, 0) is 58.9 Å². The fraction of sp³-hybridized carbons (Fsp3) is 1.00. The molecule has 18 heavy (non-hydrogen) atoms. The lowest BCUT2D eigenvalue weighted by Crippen LogP contribution is -2.32. The van der Waals surface area contributed by atoms with E-state index in [-0.39, 0.29) is 0 Å². The predicted molar refractivity (Wildman–Crippen MR) is 91.1 cm³/mol. The van der Waals surface area contributed by atoms with Crippen molar-refractivity contribution in [3.8, 4) is 0 Å². The highest BCUT2D eigenvalue weighted by Crippen LogP contribution is 2.38. The van der Waals surface area contributed by atoms with Gasteiger partial charge in [0.25, 0.3) is 0 Å². The fourth-order valence-corrected chi connectivity index (χ4v) is 4.88. The van der Waals surface area contributed by atoms with Gasteiger partial charge in [-0.15, -0.1) is 0 Å². The molecule has 0 aromatic heterocycles. The Morgan fingerprint density at radius 1 is 1.06 bits per heavy atom. The van der Waals surface area contributed by atoms with E-state index in [1.54, 1.807) is 0 Å². The van der Waals surface area contributed by atoms with Crippen LogP contribution in [0.1, 0.15) is 13.3 Å². The predicted octanol–water partition coefficient (Wildman–Crippen LogP) is 2.15. The molecule has 1 unspecified atom stereocenters. The molecule has 5 heteroatoms. The summed E-state index contributed by atoms with van der Waals surface area (Å²) >= 11 is 2.08. The average molecular weight is 296 g/mol. The molecule has 1 atom stereocenters. The zero-order valence-corrected chi connectivity index (χ0v) is 14.8. The highest BCUT2D eigenvalue weighted by Gasteiger charge is 2.15. The van der Waals surface area contributed by atoms with E-state index in [1.165, 1.54) is 36.1 Å². The van der Waals surface area contributed by atoms with E-state index in [0.29, 0.717) is 0 Å². The molecule has 112 valence electrons. The van der Waals surface area contributed by atoms with Gasteiger partial charge in [0.05, 0.1) is 0 Å². The minimum Gasteiger partial charge on any atom is -0.309 e. The molecule has 0 rings (SSSR count). The third-order valence-corrected chi connectivity index (χ3v) is 7.10. The van der Waals surface area contributed by atoms with Crippen molar-refractivity contribution in [2.75, 3.05) is 70.7 Å². The molecular weight excluding hydrogens is 262 g/mol. The monoisotopic (exact) mass is 295 g/mol. The van der Waals surface area contributed by atoms with Crippen molar-refractivity contribution in [2.24, 2.45) is 0 Å². The molecule has 0 saturated carbocycles. The van der Waals surface area contributed by atoms with Crippen LogP contribution >= 0.6 is 22.0 Å². The highest BCUT2D eigenvalue weighted by molar-refractivity contribution is 8.31. The first-order valence-electron chi connectivity index (χ1n) is 6.75. The SMILES string of the molecule is CCS(C)(CN(C)C)NCCSCCCN(C)C. The zero-order chi connectivity index (χ0) is 14.0. The molecule has 0 radical (unpaired) electrons. The summed E-state index contributed by atoms with van der Waals surface area (Å²) in [7, 11) is 7.99. The molecule has 0 bridgehead atoms. The van der Waals surface area contributed by atoms with Gasteiger partial charge in [-0.2, -0.15) is 22.0 Å². The number of hydrogen-bond acceptors (Lipinski definition) is 4. The second-order valence-electron chi connectivity index (χ2n) is 5.44. The summed E-state index contributed by atoms with van der Waals surface area (Å²) in [5.41, 5.74) is 0. The first kappa shape index (κ1) is 18.6. The lowest BCUT2D eigenvalue weighted by molar-refractivity contribution is 0.410. The van der Waals surface area contributed by atoms with Gasteiger partial charge in [-0.25, -0.2) is 0 Å². The lowest BCUT2D eigenvalue weighted by atomic mass is 10.5. The van der Waals surface area contributed by atoms with Crippen molar-refractivity contribution >= 4 is 22.0 Å². The van der Waals surface area contributed by atoms with Crippen molar-refractivity contribution in [3.05, 3.63) is 0 Å². The summed E-state index contributed by atoms with van der Waals surface area (Å²) in [5, 5.41) is 0. The Labute approximate surface area is 121 Å². The molecule has 1 N–H and O–H groups in total. The largest absolute Gasteiger partial charge is 0.309 e. The Balaban J connectivity index is 3.56. The smallest absolute Gasteiger partial charge is 0.0393 e. The number of nitrogens with zero attached hydrogens (tertiary/aromatic N) is 2. The van der Waals surface area contributed by atoms with Gasteiger partial charge in [-0.1, -0.05) is 6.92 Å². The normalized spacial score (nSPS) is 17.1. The Hall–Kier alpha value is 0.580. The third-order valence-electron chi connectivity index (χ3n) is 2.77.